The molecule has 47 heavy (non-hydrogen) atoms. The van der Waals surface area contributed by atoms with Crippen LogP contribution >= 0.6 is 0 Å². The number of hydrogen-bond donors (Lipinski definition) is 2. The molecular weight excluding hydrogens is 610 g/mol. The van der Waals surface area contributed by atoms with E-state index in [9.17, 15) is 34.2 Å². The first-order chi connectivity index (χ1) is 22.4. The van der Waals surface area contributed by atoms with Gasteiger partial charge in [0.15, 0.2) is 5.43 Å². The SMILES string of the molecule is COC(=O)CN(CC(=O)OC)C(=O)c1ccc(-c2c3ccc(=O)cc-3oc3cc(Oc4cc(C)c(O)c(C)c4)ccc23)c(C(=O)O)c1. The van der Waals surface area contributed by atoms with Gasteiger partial charge in [0.2, 0.25) is 0 Å². The maximum Gasteiger partial charge on any atom is 0.336 e. The molecule has 12 nitrogen and oxygen atoms in total. The van der Waals surface area contributed by atoms with Crippen molar-refractivity contribution in [3.05, 3.63) is 99.2 Å². The van der Waals surface area contributed by atoms with Crippen molar-refractivity contribution < 1.29 is 48.0 Å². The second-order valence-corrected chi connectivity index (χ2v) is 10.7. The number of carboxylic acids is 1. The Labute approximate surface area is 267 Å². The number of aryl methyl sites for hydroxylation is 2. The molecule has 2 N–H and O–H groups in total. The highest BCUT2D eigenvalue weighted by Gasteiger charge is 2.27. The summed E-state index contributed by atoms with van der Waals surface area (Å²) in [6, 6.07) is 16.4. The molecule has 0 spiro atoms. The Morgan fingerprint density at radius 3 is 2.04 bits per heavy atom. The van der Waals surface area contributed by atoms with Crippen LogP contribution in [0.4, 0.5) is 0 Å². The van der Waals surface area contributed by atoms with Crippen molar-refractivity contribution in [3.63, 3.8) is 0 Å². The molecule has 1 heterocycles. The van der Waals surface area contributed by atoms with E-state index in [1.807, 2.05) is 0 Å². The van der Waals surface area contributed by atoms with Crippen LogP contribution in [-0.2, 0) is 19.1 Å². The van der Waals surface area contributed by atoms with E-state index in [0.29, 0.717) is 39.1 Å². The van der Waals surface area contributed by atoms with Crippen LogP contribution < -0.4 is 10.2 Å². The number of phenols is 1. The molecule has 2 aliphatic rings. The first-order valence-electron chi connectivity index (χ1n) is 14.2. The van der Waals surface area contributed by atoms with E-state index in [2.05, 4.69) is 9.47 Å². The maximum atomic E-state index is 13.4. The van der Waals surface area contributed by atoms with Crippen molar-refractivity contribution in [1.82, 2.24) is 4.90 Å². The quantitative estimate of drug-likeness (QED) is 0.161. The number of esters is 2. The zero-order valence-electron chi connectivity index (χ0n) is 25.8. The van der Waals surface area contributed by atoms with E-state index in [4.69, 9.17) is 9.15 Å². The highest BCUT2D eigenvalue weighted by atomic mass is 16.5. The Morgan fingerprint density at radius 1 is 0.787 bits per heavy atom. The molecule has 12 heteroatoms. The smallest absolute Gasteiger partial charge is 0.336 e. The normalized spacial score (nSPS) is 10.9. The number of ether oxygens (including phenoxy) is 3. The number of benzene rings is 4. The van der Waals surface area contributed by atoms with Gasteiger partial charge >= 0.3 is 17.9 Å². The van der Waals surface area contributed by atoms with Crippen LogP contribution in [0.25, 0.3) is 33.4 Å². The van der Waals surface area contributed by atoms with E-state index in [1.54, 1.807) is 44.2 Å². The first kappa shape index (κ1) is 32.2. The summed E-state index contributed by atoms with van der Waals surface area (Å²) in [6.45, 7) is 2.35. The zero-order chi connectivity index (χ0) is 34.0. The van der Waals surface area contributed by atoms with Gasteiger partial charge in [-0.05, 0) is 79.1 Å². The van der Waals surface area contributed by atoms with E-state index in [0.717, 1.165) is 25.2 Å². The van der Waals surface area contributed by atoms with E-state index in [-0.39, 0.29) is 39.2 Å². The van der Waals surface area contributed by atoms with Crippen LogP contribution in [0.1, 0.15) is 31.8 Å². The molecule has 1 aliphatic carbocycles. The Hall–Kier alpha value is -6.17. The Bertz CT molecular complexity index is 2050. The monoisotopic (exact) mass is 639 g/mol. The fourth-order valence-electron chi connectivity index (χ4n) is 5.21. The fraction of sp³-hybridized carbons (Fsp3) is 0.171. The minimum absolute atomic E-state index is 0.106. The molecule has 0 unspecified atom stereocenters. The van der Waals surface area contributed by atoms with Crippen LogP contribution in [0.15, 0.2) is 75.9 Å². The van der Waals surface area contributed by atoms with Gasteiger partial charge in [-0.3, -0.25) is 19.2 Å². The minimum atomic E-state index is -1.36. The lowest BCUT2D eigenvalue weighted by Gasteiger charge is -2.21. The number of phenolic OH excluding ortho intramolecular Hbond substituents is 1. The molecule has 240 valence electrons. The van der Waals surface area contributed by atoms with Crippen molar-refractivity contribution in [2.45, 2.75) is 13.8 Å². The average molecular weight is 640 g/mol. The van der Waals surface area contributed by atoms with Crippen molar-refractivity contribution in [3.8, 4) is 39.7 Å². The molecular formula is C35H29NO11. The maximum absolute atomic E-state index is 13.4. The molecule has 1 amide bonds. The Kier molecular flexibility index (Phi) is 8.95. The third-order valence-corrected chi connectivity index (χ3v) is 7.51. The molecule has 1 aliphatic heterocycles. The summed E-state index contributed by atoms with van der Waals surface area (Å²) in [6.07, 6.45) is 0. The number of amides is 1. The number of carboxylic acid groups (broad SMARTS) is 1. The van der Waals surface area contributed by atoms with Gasteiger partial charge in [-0.2, -0.15) is 0 Å². The number of hydrogen-bond acceptors (Lipinski definition) is 10. The Balaban J connectivity index is 1.65. The molecule has 0 fully saturated rings. The lowest BCUT2D eigenvalue weighted by atomic mass is 9.89. The summed E-state index contributed by atoms with van der Waals surface area (Å²) in [7, 11) is 2.25. The molecule has 5 rings (SSSR count). The van der Waals surface area contributed by atoms with Crippen molar-refractivity contribution in [1.29, 1.82) is 0 Å². The topological polar surface area (TPSA) is 170 Å². The molecule has 0 atom stereocenters. The fourth-order valence-corrected chi connectivity index (χ4v) is 5.21. The van der Waals surface area contributed by atoms with Crippen LogP contribution in [0.3, 0.4) is 0 Å². The van der Waals surface area contributed by atoms with Crippen LogP contribution in [0, 0.1) is 13.8 Å². The highest BCUT2D eigenvalue weighted by molar-refractivity contribution is 6.09. The molecule has 0 radical (unpaired) electrons. The summed E-state index contributed by atoms with van der Waals surface area (Å²) < 4.78 is 21.4. The van der Waals surface area contributed by atoms with Crippen LogP contribution in [0.2, 0.25) is 0 Å². The highest BCUT2D eigenvalue weighted by Crippen LogP contribution is 2.43. The zero-order valence-corrected chi connectivity index (χ0v) is 25.8. The molecule has 0 aromatic heterocycles. The number of methoxy groups -OCH3 is 2. The summed E-state index contributed by atoms with van der Waals surface area (Å²) >= 11 is 0. The molecule has 0 saturated heterocycles. The van der Waals surface area contributed by atoms with Crippen LogP contribution in [0.5, 0.6) is 17.2 Å². The number of carbonyl (C=O) groups excluding carboxylic acids is 3. The van der Waals surface area contributed by atoms with E-state index in [1.165, 1.54) is 30.3 Å². The number of carbonyl (C=O) groups is 4. The minimum Gasteiger partial charge on any atom is -0.507 e. The predicted molar refractivity (Wildman–Crippen MR) is 169 cm³/mol. The number of fused-ring (bicyclic) bond motifs is 2. The van der Waals surface area contributed by atoms with E-state index >= 15 is 0 Å². The first-order valence-corrected chi connectivity index (χ1v) is 14.2. The molecule has 3 aromatic rings. The van der Waals surface area contributed by atoms with Gasteiger partial charge in [-0.15, -0.1) is 0 Å². The number of nitrogens with zero attached hydrogens (tertiary/aromatic N) is 1. The van der Waals surface area contributed by atoms with Gasteiger partial charge in [0.1, 0.15) is 41.7 Å². The second-order valence-electron chi connectivity index (χ2n) is 10.7. The van der Waals surface area contributed by atoms with Gasteiger partial charge in [-0.1, -0.05) is 6.07 Å². The standard InChI is InChI=1S/C35H29NO11/c1-18-11-23(12-19(2)33(18)40)46-22-7-10-26-29(15-22)47-28-14-21(37)6-9-25(28)32(26)24-8-5-20(13-27(24)35(42)43)34(41)36(16-30(38)44-3)17-31(39)45-4/h5-15,40H,16-17H2,1-4H3,(H,42,43). The average Bonchev–Trinajstić information content (AvgIpc) is 3.04. The van der Waals surface area contributed by atoms with Crippen molar-refractivity contribution in [2.75, 3.05) is 27.3 Å². The summed E-state index contributed by atoms with van der Waals surface area (Å²) in [5.74, 6) is -2.54. The summed E-state index contributed by atoms with van der Waals surface area (Å²) in [5.41, 5.74) is 1.91. The van der Waals surface area contributed by atoms with Crippen LogP contribution in [-0.4, -0.2) is 66.2 Å². The van der Waals surface area contributed by atoms with Gasteiger partial charge in [0.25, 0.3) is 5.91 Å². The van der Waals surface area contributed by atoms with E-state index < -0.39 is 36.9 Å². The summed E-state index contributed by atoms with van der Waals surface area (Å²) in [5, 5.41) is 20.9. The Morgan fingerprint density at radius 2 is 1.43 bits per heavy atom. The number of aromatic carboxylic acids is 1. The third kappa shape index (κ3) is 6.61. The van der Waals surface area contributed by atoms with Crippen molar-refractivity contribution >= 4 is 34.8 Å². The van der Waals surface area contributed by atoms with Crippen molar-refractivity contribution in [2.24, 2.45) is 0 Å². The molecule has 0 saturated carbocycles. The predicted octanol–water partition coefficient (Wildman–Crippen LogP) is 5.17. The largest absolute Gasteiger partial charge is 0.507 e. The lowest BCUT2D eigenvalue weighted by molar-refractivity contribution is -0.144. The third-order valence-electron chi connectivity index (χ3n) is 7.51. The van der Waals surface area contributed by atoms with Gasteiger partial charge in [0.05, 0.1) is 19.8 Å². The molecule has 0 bridgehead atoms. The van der Waals surface area contributed by atoms with Gasteiger partial charge in [-0.25, -0.2) is 4.79 Å². The van der Waals surface area contributed by atoms with Gasteiger partial charge in [0, 0.05) is 34.2 Å². The lowest BCUT2D eigenvalue weighted by Crippen LogP contribution is -2.40. The second kappa shape index (κ2) is 13.1. The number of rotatable bonds is 9. The molecule has 3 aromatic carbocycles. The summed E-state index contributed by atoms with van der Waals surface area (Å²) in [4.78, 5) is 63.2. The number of aromatic hydroxyl groups is 1. The van der Waals surface area contributed by atoms with Gasteiger partial charge < -0.3 is 33.7 Å².